The minimum absolute atomic E-state index is 0.386. The first-order chi connectivity index (χ1) is 13.0. The Balaban J connectivity index is 1.41. The van der Waals surface area contributed by atoms with Crippen LogP contribution in [0.3, 0.4) is 0 Å². The van der Waals surface area contributed by atoms with Gasteiger partial charge in [-0.25, -0.2) is 13.2 Å². The van der Waals surface area contributed by atoms with Gasteiger partial charge in [0.15, 0.2) is 23.3 Å². The van der Waals surface area contributed by atoms with Gasteiger partial charge in [0.05, 0.1) is 12.4 Å². The maximum Gasteiger partial charge on any atom is 0.231 e. The van der Waals surface area contributed by atoms with E-state index in [9.17, 15) is 13.2 Å². The van der Waals surface area contributed by atoms with E-state index >= 15 is 0 Å². The molecule has 4 rings (SSSR count). The van der Waals surface area contributed by atoms with Crippen molar-refractivity contribution in [2.45, 2.75) is 32.6 Å². The fourth-order valence-electron chi connectivity index (χ4n) is 2.85. The fraction of sp³-hybridized carbons (Fsp3) is 0.263. The Hall–Kier alpha value is -3.03. The highest BCUT2D eigenvalue weighted by Crippen LogP contribution is 2.32. The highest BCUT2D eigenvalue weighted by Gasteiger charge is 2.22. The Bertz CT molecular complexity index is 981. The molecule has 5 nitrogen and oxygen atoms in total. The third-order valence-corrected chi connectivity index (χ3v) is 4.49. The summed E-state index contributed by atoms with van der Waals surface area (Å²) in [4.78, 5) is 8.76. The van der Waals surface area contributed by atoms with Crippen molar-refractivity contribution in [3.05, 3.63) is 69.9 Å². The second-order valence-corrected chi connectivity index (χ2v) is 6.54. The quantitative estimate of drug-likeness (QED) is 0.817. The number of hydrogen-bond acceptors (Lipinski definition) is 5. The van der Waals surface area contributed by atoms with E-state index in [4.69, 9.17) is 0 Å². The smallest absolute Gasteiger partial charge is 0.231 e. The Kier molecular flexibility index (Phi) is 4.47. The third-order valence-electron chi connectivity index (χ3n) is 4.49. The SMILES string of the molecule is Cc1cnncc1C1=NC(NC(CCc2cc(F)c(F)c(F)c2)=C2CC2)=N1. The molecule has 1 aliphatic carbocycles. The van der Waals surface area contributed by atoms with Crippen molar-refractivity contribution in [3.63, 3.8) is 0 Å². The van der Waals surface area contributed by atoms with Gasteiger partial charge in [-0.2, -0.15) is 20.2 Å². The standard InChI is InChI=1S/C19H16F3N5/c1-10-8-23-24-9-13(10)18-26-19(27-18)25-16(12-3-4-12)5-2-11-6-14(20)17(22)15(21)7-11/h6-9H,2-5H2,1H3,(H,25,26,27). The molecule has 0 bridgehead atoms. The average molecular weight is 371 g/mol. The Morgan fingerprint density at radius 3 is 2.33 bits per heavy atom. The van der Waals surface area contributed by atoms with Crippen LogP contribution >= 0.6 is 0 Å². The van der Waals surface area contributed by atoms with Gasteiger partial charge < -0.3 is 5.32 Å². The molecule has 0 atom stereocenters. The predicted molar refractivity (Wildman–Crippen MR) is 94.8 cm³/mol. The van der Waals surface area contributed by atoms with Gasteiger partial charge >= 0.3 is 0 Å². The van der Waals surface area contributed by atoms with Gasteiger partial charge in [-0.1, -0.05) is 5.57 Å². The Labute approximate surface area is 153 Å². The second-order valence-electron chi connectivity index (χ2n) is 6.54. The summed E-state index contributed by atoms with van der Waals surface area (Å²) in [5, 5.41) is 10.8. The number of guanidine groups is 1. The van der Waals surface area contributed by atoms with Crippen LogP contribution in [0.15, 0.2) is 45.8 Å². The van der Waals surface area contributed by atoms with E-state index in [1.807, 2.05) is 6.92 Å². The number of halogens is 3. The lowest BCUT2D eigenvalue weighted by molar-refractivity contribution is 0.445. The van der Waals surface area contributed by atoms with Crippen LogP contribution in [0.4, 0.5) is 13.2 Å². The molecule has 2 heterocycles. The minimum Gasteiger partial charge on any atom is -0.328 e. The number of amidine groups is 1. The van der Waals surface area contributed by atoms with Crippen LogP contribution in [0.1, 0.15) is 36.0 Å². The normalized spacial score (nSPS) is 15.0. The fourth-order valence-corrected chi connectivity index (χ4v) is 2.85. The molecule has 2 aliphatic rings. The first-order valence-electron chi connectivity index (χ1n) is 8.57. The predicted octanol–water partition coefficient (Wildman–Crippen LogP) is 3.59. The summed E-state index contributed by atoms with van der Waals surface area (Å²) < 4.78 is 39.8. The van der Waals surface area contributed by atoms with Gasteiger partial charge in [0.25, 0.3) is 0 Å². The molecule has 8 heteroatoms. The summed E-state index contributed by atoms with van der Waals surface area (Å²) in [5.41, 5.74) is 4.36. The van der Waals surface area contributed by atoms with Crippen LogP contribution in [-0.4, -0.2) is 22.0 Å². The summed E-state index contributed by atoms with van der Waals surface area (Å²) >= 11 is 0. The molecule has 138 valence electrons. The van der Waals surface area contributed by atoms with Crippen LogP contribution < -0.4 is 5.32 Å². The molecule has 1 aromatic carbocycles. The summed E-state index contributed by atoms with van der Waals surface area (Å²) in [6.07, 6.45) is 6.15. The zero-order valence-corrected chi connectivity index (χ0v) is 14.6. The molecule has 1 N–H and O–H groups in total. The highest BCUT2D eigenvalue weighted by atomic mass is 19.2. The lowest BCUT2D eigenvalue weighted by Gasteiger charge is -2.17. The van der Waals surface area contributed by atoms with E-state index in [0.29, 0.717) is 30.2 Å². The second kappa shape index (κ2) is 6.94. The average Bonchev–Trinajstić information content (AvgIpc) is 3.44. The van der Waals surface area contributed by atoms with E-state index in [1.165, 1.54) is 5.57 Å². The number of nitrogens with one attached hydrogen (secondary N) is 1. The Morgan fingerprint density at radius 2 is 1.70 bits per heavy atom. The number of aryl methyl sites for hydroxylation is 2. The van der Waals surface area contributed by atoms with Gasteiger partial charge in [0.2, 0.25) is 5.96 Å². The number of rotatable bonds is 5. The summed E-state index contributed by atoms with van der Waals surface area (Å²) in [6.45, 7) is 1.91. The summed E-state index contributed by atoms with van der Waals surface area (Å²) in [7, 11) is 0. The molecule has 1 fully saturated rings. The van der Waals surface area contributed by atoms with Crippen molar-refractivity contribution in [1.82, 2.24) is 15.5 Å². The summed E-state index contributed by atoms with van der Waals surface area (Å²) in [5.74, 6) is -2.70. The third kappa shape index (κ3) is 3.74. The Morgan fingerprint density at radius 1 is 1.04 bits per heavy atom. The monoisotopic (exact) mass is 371 g/mol. The maximum atomic E-state index is 13.4. The van der Waals surface area contributed by atoms with Gasteiger partial charge in [-0.15, -0.1) is 0 Å². The number of nitrogens with zero attached hydrogens (tertiary/aromatic N) is 4. The van der Waals surface area contributed by atoms with Crippen molar-refractivity contribution in [2.75, 3.05) is 0 Å². The first kappa shape index (κ1) is 17.4. The number of aromatic nitrogens is 2. The number of benzene rings is 1. The van der Waals surface area contributed by atoms with E-state index in [1.54, 1.807) is 12.4 Å². The molecular weight excluding hydrogens is 355 g/mol. The lowest BCUT2D eigenvalue weighted by Crippen LogP contribution is -2.30. The number of allylic oxidation sites excluding steroid dienone is 2. The van der Waals surface area contributed by atoms with Crippen LogP contribution in [-0.2, 0) is 6.42 Å². The number of aliphatic imine (C=N–C) groups is 2. The van der Waals surface area contributed by atoms with Gasteiger partial charge in [0, 0.05) is 11.3 Å². The molecule has 0 saturated heterocycles. The van der Waals surface area contributed by atoms with Crippen LogP contribution in [0.5, 0.6) is 0 Å². The first-order valence-corrected chi connectivity index (χ1v) is 8.57. The highest BCUT2D eigenvalue weighted by molar-refractivity contribution is 6.18. The van der Waals surface area contributed by atoms with Crippen LogP contribution in [0.25, 0.3) is 0 Å². The van der Waals surface area contributed by atoms with E-state index in [2.05, 4.69) is 25.5 Å². The molecule has 0 unspecified atom stereocenters. The van der Waals surface area contributed by atoms with Crippen LogP contribution in [0.2, 0.25) is 0 Å². The molecule has 1 aromatic heterocycles. The molecule has 0 spiro atoms. The largest absolute Gasteiger partial charge is 0.328 e. The zero-order valence-electron chi connectivity index (χ0n) is 14.6. The van der Waals surface area contributed by atoms with Crippen molar-refractivity contribution in [1.29, 1.82) is 0 Å². The molecule has 1 saturated carbocycles. The summed E-state index contributed by atoms with van der Waals surface area (Å²) in [6, 6.07) is 2.06. The molecule has 1 aliphatic heterocycles. The van der Waals surface area contributed by atoms with E-state index < -0.39 is 17.5 Å². The maximum absolute atomic E-state index is 13.4. The van der Waals surface area contributed by atoms with E-state index in [-0.39, 0.29) is 0 Å². The molecule has 27 heavy (non-hydrogen) atoms. The van der Waals surface area contributed by atoms with Crippen LogP contribution in [0, 0.1) is 24.4 Å². The van der Waals surface area contributed by atoms with Crippen molar-refractivity contribution < 1.29 is 13.2 Å². The zero-order chi connectivity index (χ0) is 19.0. The van der Waals surface area contributed by atoms with Gasteiger partial charge in [-0.05, 0) is 55.9 Å². The molecular formula is C19H16F3N5. The molecule has 0 radical (unpaired) electrons. The molecule has 0 amide bonds. The van der Waals surface area contributed by atoms with Crippen molar-refractivity contribution >= 4 is 11.8 Å². The minimum atomic E-state index is -1.44. The lowest BCUT2D eigenvalue weighted by atomic mass is 10.1. The topological polar surface area (TPSA) is 62.5 Å². The van der Waals surface area contributed by atoms with Crippen molar-refractivity contribution in [2.24, 2.45) is 9.98 Å². The van der Waals surface area contributed by atoms with Gasteiger partial charge in [0.1, 0.15) is 0 Å². The van der Waals surface area contributed by atoms with Crippen molar-refractivity contribution in [3.8, 4) is 0 Å². The molecule has 2 aromatic rings. The van der Waals surface area contributed by atoms with E-state index in [0.717, 1.165) is 41.8 Å². The number of hydrogen-bond donors (Lipinski definition) is 1. The van der Waals surface area contributed by atoms with Gasteiger partial charge in [-0.3, -0.25) is 0 Å².